The first-order valence-corrected chi connectivity index (χ1v) is 5.61. The van der Waals surface area contributed by atoms with Crippen molar-refractivity contribution in [3.8, 4) is 0 Å². The van der Waals surface area contributed by atoms with Crippen LogP contribution in [-0.2, 0) is 0 Å². The number of benzene rings is 1. The van der Waals surface area contributed by atoms with Gasteiger partial charge in [-0.15, -0.1) is 0 Å². The minimum absolute atomic E-state index is 0.0233. The molecule has 2 unspecified atom stereocenters. The molecule has 0 saturated carbocycles. The molecule has 0 amide bonds. The zero-order valence-corrected chi connectivity index (χ0v) is 10.2. The molecule has 90 valence electrons. The van der Waals surface area contributed by atoms with E-state index in [1.807, 2.05) is 27.0 Å². The number of aliphatic hydroxyl groups excluding tert-OH is 1. The maximum absolute atomic E-state index is 13.5. The Morgan fingerprint density at radius 3 is 2.50 bits per heavy atom. The molecule has 0 aliphatic carbocycles. The van der Waals surface area contributed by atoms with E-state index in [0.717, 1.165) is 6.54 Å². The highest BCUT2D eigenvalue weighted by Crippen LogP contribution is 2.22. The van der Waals surface area contributed by atoms with Crippen LogP contribution in [0.5, 0.6) is 0 Å². The maximum atomic E-state index is 13.5. The number of halogens is 1. The molecule has 1 aromatic carbocycles. The van der Waals surface area contributed by atoms with E-state index in [9.17, 15) is 4.39 Å². The average Bonchev–Trinajstić information content (AvgIpc) is 2.28. The van der Waals surface area contributed by atoms with Crippen molar-refractivity contribution in [1.82, 2.24) is 4.90 Å². The van der Waals surface area contributed by atoms with Gasteiger partial charge in [0.25, 0.3) is 0 Å². The van der Waals surface area contributed by atoms with Crippen LogP contribution in [0.15, 0.2) is 24.3 Å². The molecule has 0 radical (unpaired) electrons. The van der Waals surface area contributed by atoms with Crippen molar-refractivity contribution in [3.05, 3.63) is 35.6 Å². The van der Waals surface area contributed by atoms with E-state index in [2.05, 4.69) is 4.90 Å². The standard InChI is InChI=1S/C13H20FNO/c1-10(9-16)8-15(3)11(2)12-6-4-5-7-13(12)14/h4-7,10-11,16H,8-9H2,1-3H3. The molecule has 0 aliphatic heterocycles. The van der Waals surface area contributed by atoms with Crippen LogP contribution >= 0.6 is 0 Å². The van der Waals surface area contributed by atoms with Crippen LogP contribution in [0.4, 0.5) is 4.39 Å². The molecule has 0 heterocycles. The quantitative estimate of drug-likeness (QED) is 0.832. The van der Waals surface area contributed by atoms with Gasteiger partial charge in [-0.3, -0.25) is 4.90 Å². The Kier molecular flexibility index (Phi) is 4.90. The fourth-order valence-corrected chi connectivity index (χ4v) is 1.76. The van der Waals surface area contributed by atoms with Crippen molar-refractivity contribution in [3.63, 3.8) is 0 Å². The van der Waals surface area contributed by atoms with Gasteiger partial charge in [-0.1, -0.05) is 25.1 Å². The summed E-state index contributed by atoms with van der Waals surface area (Å²) in [7, 11) is 1.95. The first-order chi connectivity index (χ1) is 7.56. The Morgan fingerprint density at radius 2 is 1.94 bits per heavy atom. The summed E-state index contributed by atoms with van der Waals surface area (Å²) in [4.78, 5) is 2.05. The van der Waals surface area contributed by atoms with Crippen LogP contribution in [0.1, 0.15) is 25.5 Å². The van der Waals surface area contributed by atoms with Crippen molar-refractivity contribution in [2.45, 2.75) is 19.9 Å². The fourth-order valence-electron chi connectivity index (χ4n) is 1.76. The third-order valence-electron chi connectivity index (χ3n) is 2.93. The Labute approximate surface area is 96.7 Å². The summed E-state index contributed by atoms with van der Waals surface area (Å²) < 4.78 is 13.5. The minimum atomic E-state index is -0.168. The molecule has 1 aromatic rings. The molecule has 0 spiro atoms. The largest absolute Gasteiger partial charge is 0.396 e. The highest BCUT2D eigenvalue weighted by molar-refractivity contribution is 5.20. The minimum Gasteiger partial charge on any atom is -0.396 e. The number of aliphatic hydroxyl groups is 1. The average molecular weight is 225 g/mol. The van der Waals surface area contributed by atoms with Gasteiger partial charge in [0.15, 0.2) is 0 Å². The first kappa shape index (κ1) is 13.1. The monoisotopic (exact) mass is 225 g/mol. The SMILES string of the molecule is CC(CO)CN(C)C(C)c1ccccc1F. The van der Waals surface area contributed by atoms with Crippen molar-refractivity contribution in [2.24, 2.45) is 5.92 Å². The summed E-state index contributed by atoms with van der Waals surface area (Å²) in [6, 6.07) is 6.85. The molecule has 3 heteroatoms. The van der Waals surface area contributed by atoms with Gasteiger partial charge >= 0.3 is 0 Å². The zero-order chi connectivity index (χ0) is 12.1. The van der Waals surface area contributed by atoms with Crippen molar-refractivity contribution >= 4 is 0 Å². The molecule has 1 N–H and O–H groups in total. The van der Waals surface area contributed by atoms with Crippen LogP contribution < -0.4 is 0 Å². The summed E-state index contributed by atoms with van der Waals surface area (Å²) in [5.74, 6) is 0.0396. The number of rotatable bonds is 5. The molecule has 16 heavy (non-hydrogen) atoms. The van der Waals surface area contributed by atoms with Gasteiger partial charge in [0.05, 0.1) is 0 Å². The second-order valence-corrected chi connectivity index (χ2v) is 4.42. The topological polar surface area (TPSA) is 23.5 Å². The van der Waals surface area contributed by atoms with Gasteiger partial charge in [-0.2, -0.15) is 0 Å². The van der Waals surface area contributed by atoms with E-state index >= 15 is 0 Å². The lowest BCUT2D eigenvalue weighted by atomic mass is 10.1. The van der Waals surface area contributed by atoms with Crippen LogP contribution in [0.2, 0.25) is 0 Å². The molecular weight excluding hydrogens is 205 g/mol. The molecule has 0 fully saturated rings. The number of nitrogens with zero attached hydrogens (tertiary/aromatic N) is 1. The lowest BCUT2D eigenvalue weighted by Gasteiger charge is -2.27. The lowest BCUT2D eigenvalue weighted by Crippen LogP contribution is -2.29. The van der Waals surface area contributed by atoms with Crippen LogP contribution in [0.3, 0.4) is 0 Å². The molecule has 0 aliphatic rings. The highest BCUT2D eigenvalue weighted by atomic mass is 19.1. The summed E-state index contributed by atoms with van der Waals surface area (Å²) in [6.07, 6.45) is 0. The van der Waals surface area contributed by atoms with Gasteiger partial charge in [0.2, 0.25) is 0 Å². The van der Waals surface area contributed by atoms with Gasteiger partial charge in [-0.25, -0.2) is 4.39 Å². The Hall–Kier alpha value is -0.930. The highest BCUT2D eigenvalue weighted by Gasteiger charge is 2.16. The number of hydrogen-bond acceptors (Lipinski definition) is 2. The van der Waals surface area contributed by atoms with E-state index in [-0.39, 0.29) is 24.4 Å². The second-order valence-electron chi connectivity index (χ2n) is 4.42. The molecule has 0 aromatic heterocycles. The Morgan fingerprint density at radius 1 is 1.31 bits per heavy atom. The van der Waals surface area contributed by atoms with Gasteiger partial charge in [0.1, 0.15) is 5.82 Å². The van der Waals surface area contributed by atoms with E-state index in [4.69, 9.17) is 5.11 Å². The van der Waals surface area contributed by atoms with Crippen molar-refractivity contribution < 1.29 is 9.50 Å². The smallest absolute Gasteiger partial charge is 0.127 e. The summed E-state index contributed by atoms with van der Waals surface area (Å²) >= 11 is 0. The molecular formula is C13H20FNO. The predicted molar refractivity (Wildman–Crippen MR) is 63.7 cm³/mol. The van der Waals surface area contributed by atoms with Crippen LogP contribution in [0.25, 0.3) is 0 Å². The summed E-state index contributed by atoms with van der Waals surface area (Å²) in [6.45, 7) is 4.87. The van der Waals surface area contributed by atoms with Crippen molar-refractivity contribution in [2.75, 3.05) is 20.2 Å². The molecule has 0 saturated heterocycles. The third-order valence-corrected chi connectivity index (χ3v) is 2.93. The van der Waals surface area contributed by atoms with Gasteiger partial charge < -0.3 is 5.11 Å². The maximum Gasteiger partial charge on any atom is 0.127 e. The van der Waals surface area contributed by atoms with Gasteiger partial charge in [0, 0.05) is 24.8 Å². The summed E-state index contributed by atoms with van der Waals surface area (Å²) in [5.41, 5.74) is 0.704. The van der Waals surface area contributed by atoms with E-state index in [1.165, 1.54) is 6.07 Å². The van der Waals surface area contributed by atoms with Gasteiger partial charge in [-0.05, 0) is 26.0 Å². The Bertz CT molecular complexity index is 329. The van der Waals surface area contributed by atoms with Crippen LogP contribution in [-0.4, -0.2) is 30.2 Å². The van der Waals surface area contributed by atoms with Crippen molar-refractivity contribution in [1.29, 1.82) is 0 Å². The zero-order valence-electron chi connectivity index (χ0n) is 10.2. The molecule has 1 rings (SSSR count). The van der Waals surface area contributed by atoms with Crippen LogP contribution in [0, 0.1) is 11.7 Å². The molecule has 0 bridgehead atoms. The molecule has 2 atom stereocenters. The Balaban J connectivity index is 2.70. The normalized spacial score (nSPS) is 15.1. The predicted octanol–water partition coefficient (Wildman–Crippen LogP) is 2.45. The lowest BCUT2D eigenvalue weighted by molar-refractivity contribution is 0.166. The molecule has 2 nitrogen and oxygen atoms in total. The fraction of sp³-hybridized carbons (Fsp3) is 0.538. The first-order valence-electron chi connectivity index (χ1n) is 5.61. The van der Waals surface area contributed by atoms with E-state index in [0.29, 0.717) is 5.56 Å². The number of hydrogen-bond donors (Lipinski definition) is 1. The third kappa shape index (κ3) is 3.29. The summed E-state index contributed by atoms with van der Waals surface area (Å²) in [5, 5.41) is 8.99. The van der Waals surface area contributed by atoms with E-state index < -0.39 is 0 Å². The van der Waals surface area contributed by atoms with E-state index in [1.54, 1.807) is 12.1 Å². The second kappa shape index (κ2) is 5.97.